The van der Waals surface area contributed by atoms with Gasteiger partial charge >= 0.3 is 0 Å². The van der Waals surface area contributed by atoms with Crippen molar-refractivity contribution < 1.29 is 8.42 Å². The van der Waals surface area contributed by atoms with Gasteiger partial charge in [0.25, 0.3) is 0 Å². The fourth-order valence-electron chi connectivity index (χ4n) is 1.91. The maximum Gasteiger partial charge on any atom is 0.243 e. The Bertz CT molecular complexity index is 675. The summed E-state index contributed by atoms with van der Waals surface area (Å²) in [6, 6.07) is 12.4. The highest BCUT2D eigenvalue weighted by Gasteiger charge is 2.20. The van der Waals surface area contributed by atoms with Crippen molar-refractivity contribution in [1.82, 2.24) is 9.71 Å². The second-order valence-electron chi connectivity index (χ2n) is 4.50. The largest absolute Gasteiger partial charge is 0.243 e. The molecule has 0 fully saturated rings. The number of halogens is 1. The van der Waals surface area contributed by atoms with Crippen LogP contribution in [0.3, 0.4) is 0 Å². The lowest BCUT2D eigenvalue weighted by atomic mass is 10.1. The van der Waals surface area contributed by atoms with E-state index in [1.165, 1.54) is 12.3 Å². The van der Waals surface area contributed by atoms with Crippen LogP contribution in [0.25, 0.3) is 0 Å². The molecule has 1 atom stereocenters. The van der Waals surface area contributed by atoms with E-state index in [9.17, 15) is 8.42 Å². The second-order valence-corrected chi connectivity index (χ2v) is 6.54. The first-order chi connectivity index (χ1) is 9.49. The fourth-order valence-corrected chi connectivity index (χ4v) is 3.61. The topological polar surface area (TPSA) is 59.1 Å². The van der Waals surface area contributed by atoms with Crippen LogP contribution in [0.2, 0.25) is 5.15 Å². The molecule has 4 nitrogen and oxygen atoms in total. The summed E-state index contributed by atoms with van der Waals surface area (Å²) in [5, 5.41) is -0.0214. The van der Waals surface area contributed by atoms with Crippen molar-refractivity contribution >= 4 is 21.6 Å². The van der Waals surface area contributed by atoms with Gasteiger partial charge in [0, 0.05) is 12.2 Å². The third-order valence-corrected chi connectivity index (χ3v) is 4.79. The van der Waals surface area contributed by atoms with Crippen LogP contribution >= 0.6 is 11.6 Å². The van der Waals surface area contributed by atoms with Gasteiger partial charge in [-0.2, -0.15) is 0 Å². The summed E-state index contributed by atoms with van der Waals surface area (Å²) in [4.78, 5) is 3.78. The summed E-state index contributed by atoms with van der Waals surface area (Å²) in [7, 11) is -3.65. The van der Waals surface area contributed by atoms with Gasteiger partial charge in [0.05, 0.1) is 0 Å². The number of nitrogens with zero attached hydrogens (tertiary/aromatic N) is 1. The lowest BCUT2D eigenvalue weighted by Crippen LogP contribution is -2.34. The zero-order valence-corrected chi connectivity index (χ0v) is 12.5. The van der Waals surface area contributed by atoms with E-state index in [1.807, 2.05) is 37.3 Å². The van der Waals surface area contributed by atoms with Gasteiger partial charge in [-0.1, -0.05) is 41.9 Å². The van der Waals surface area contributed by atoms with Gasteiger partial charge in [0.1, 0.15) is 10.0 Å². The standard InChI is InChI=1S/C14H15ClN2O2S/c1-11(10-12-6-3-2-4-7-12)17-20(18,19)13-8-5-9-16-14(13)15/h2-9,11,17H,10H2,1H3. The normalized spacial score (nSPS) is 13.1. The molecule has 0 spiro atoms. The smallest absolute Gasteiger partial charge is 0.243 e. The summed E-state index contributed by atoms with van der Waals surface area (Å²) >= 11 is 5.82. The van der Waals surface area contributed by atoms with Crippen LogP contribution in [0.15, 0.2) is 53.6 Å². The molecule has 1 aromatic carbocycles. The van der Waals surface area contributed by atoms with Gasteiger partial charge in [-0.15, -0.1) is 0 Å². The molecule has 2 aromatic rings. The first-order valence-corrected chi connectivity index (χ1v) is 8.02. The zero-order chi connectivity index (χ0) is 14.6. The minimum Gasteiger partial charge on any atom is -0.243 e. The van der Waals surface area contributed by atoms with E-state index >= 15 is 0 Å². The molecule has 6 heteroatoms. The molecule has 0 amide bonds. The number of sulfonamides is 1. The first-order valence-electron chi connectivity index (χ1n) is 6.16. The number of rotatable bonds is 5. The van der Waals surface area contributed by atoms with Crippen molar-refractivity contribution in [1.29, 1.82) is 0 Å². The summed E-state index contributed by atoms with van der Waals surface area (Å²) in [5.74, 6) is 0. The van der Waals surface area contributed by atoms with E-state index < -0.39 is 10.0 Å². The van der Waals surface area contributed by atoms with Crippen molar-refractivity contribution in [3.63, 3.8) is 0 Å². The van der Waals surface area contributed by atoms with Crippen LogP contribution in [-0.2, 0) is 16.4 Å². The Hall–Kier alpha value is -1.43. The summed E-state index contributed by atoms with van der Waals surface area (Å²) in [5.41, 5.74) is 1.07. The minimum atomic E-state index is -3.65. The van der Waals surface area contributed by atoms with Gasteiger partial charge in [-0.05, 0) is 31.0 Å². The average molecular weight is 311 g/mol. The molecule has 1 N–H and O–H groups in total. The van der Waals surface area contributed by atoms with Crippen molar-refractivity contribution in [2.75, 3.05) is 0 Å². The van der Waals surface area contributed by atoms with Crippen LogP contribution in [0.5, 0.6) is 0 Å². The SMILES string of the molecule is CC(Cc1ccccc1)NS(=O)(=O)c1cccnc1Cl. The van der Waals surface area contributed by atoms with Gasteiger partial charge in [-0.25, -0.2) is 18.1 Å². The van der Waals surface area contributed by atoms with E-state index in [1.54, 1.807) is 6.07 Å². The number of pyridine rings is 1. The van der Waals surface area contributed by atoms with Crippen LogP contribution in [0.1, 0.15) is 12.5 Å². The van der Waals surface area contributed by atoms with Crippen LogP contribution in [0, 0.1) is 0 Å². The lowest BCUT2D eigenvalue weighted by Gasteiger charge is -2.14. The van der Waals surface area contributed by atoms with Crippen LogP contribution in [-0.4, -0.2) is 19.4 Å². The van der Waals surface area contributed by atoms with Gasteiger partial charge in [0.15, 0.2) is 0 Å². The van der Waals surface area contributed by atoms with E-state index in [0.717, 1.165) is 5.56 Å². The summed E-state index contributed by atoms with van der Waals surface area (Å²) in [6.45, 7) is 1.81. The molecule has 0 aliphatic rings. The molecule has 20 heavy (non-hydrogen) atoms. The quantitative estimate of drug-likeness (QED) is 0.864. The highest BCUT2D eigenvalue weighted by molar-refractivity contribution is 7.89. The third kappa shape index (κ3) is 3.79. The number of nitrogens with one attached hydrogen (secondary N) is 1. The highest BCUT2D eigenvalue weighted by atomic mass is 35.5. The van der Waals surface area contributed by atoms with E-state index in [4.69, 9.17) is 11.6 Å². The Morgan fingerprint density at radius 1 is 1.20 bits per heavy atom. The molecule has 0 radical (unpaired) electrons. The van der Waals surface area contributed by atoms with E-state index in [0.29, 0.717) is 6.42 Å². The van der Waals surface area contributed by atoms with Crippen molar-refractivity contribution in [3.8, 4) is 0 Å². The average Bonchev–Trinajstić information content (AvgIpc) is 2.39. The molecule has 2 rings (SSSR count). The van der Waals surface area contributed by atoms with Crippen molar-refractivity contribution in [2.45, 2.75) is 24.3 Å². The molecular formula is C14H15ClN2O2S. The Balaban J connectivity index is 2.11. The molecule has 1 unspecified atom stereocenters. The van der Waals surface area contributed by atoms with Crippen molar-refractivity contribution in [2.24, 2.45) is 0 Å². The lowest BCUT2D eigenvalue weighted by molar-refractivity contribution is 0.559. The predicted octanol–water partition coefficient (Wildman–Crippen LogP) is 2.64. The summed E-state index contributed by atoms with van der Waals surface area (Å²) in [6.07, 6.45) is 2.06. The molecule has 0 saturated heterocycles. The maximum absolute atomic E-state index is 12.2. The zero-order valence-electron chi connectivity index (χ0n) is 11.0. The van der Waals surface area contributed by atoms with Gasteiger partial charge in [-0.3, -0.25) is 0 Å². The molecule has 1 aromatic heterocycles. The molecule has 0 saturated carbocycles. The Morgan fingerprint density at radius 2 is 1.90 bits per heavy atom. The van der Waals surface area contributed by atoms with Crippen LogP contribution < -0.4 is 4.72 Å². The Kier molecular flexibility index (Phi) is 4.75. The highest BCUT2D eigenvalue weighted by Crippen LogP contribution is 2.18. The third-order valence-electron chi connectivity index (χ3n) is 2.76. The van der Waals surface area contributed by atoms with Gasteiger partial charge in [0.2, 0.25) is 10.0 Å². The number of hydrogen-bond acceptors (Lipinski definition) is 3. The molecule has 0 aliphatic heterocycles. The van der Waals surface area contributed by atoms with E-state index in [-0.39, 0.29) is 16.1 Å². The first kappa shape index (κ1) is 15.0. The monoisotopic (exact) mass is 310 g/mol. The Labute approximate surface area is 123 Å². The fraction of sp³-hybridized carbons (Fsp3) is 0.214. The second kappa shape index (κ2) is 6.35. The number of benzene rings is 1. The molecule has 0 bridgehead atoms. The predicted molar refractivity (Wildman–Crippen MR) is 79.2 cm³/mol. The van der Waals surface area contributed by atoms with E-state index in [2.05, 4.69) is 9.71 Å². The minimum absolute atomic E-state index is 0.00146. The maximum atomic E-state index is 12.2. The van der Waals surface area contributed by atoms with Crippen LogP contribution in [0.4, 0.5) is 0 Å². The molecule has 1 heterocycles. The van der Waals surface area contributed by atoms with Gasteiger partial charge < -0.3 is 0 Å². The molecule has 106 valence electrons. The van der Waals surface area contributed by atoms with Crippen molar-refractivity contribution in [3.05, 3.63) is 59.4 Å². The Morgan fingerprint density at radius 3 is 2.55 bits per heavy atom. The molecule has 0 aliphatic carbocycles. The number of hydrogen-bond donors (Lipinski definition) is 1. The number of aromatic nitrogens is 1. The molecular weight excluding hydrogens is 296 g/mol. The summed E-state index contributed by atoms with van der Waals surface area (Å²) < 4.78 is 27.0.